The van der Waals surface area contributed by atoms with Gasteiger partial charge in [-0.15, -0.1) is 11.3 Å². The Morgan fingerprint density at radius 2 is 1.77 bits per heavy atom. The van der Waals surface area contributed by atoms with Gasteiger partial charge in [-0.25, -0.2) is 15.2 Å². The van der Waals surface area contributed by atoms with E-state index in [0.717, 1.165) is 10.6 Å². The van der Waals surface area contributed by atoms with E-state index in [0.29, 0.717) is 27.7 Å². The molecule has 0 aliphatic heterocycles. The number of urea groups is 1. The van der Waals surface area contributed by atoms with E-state index in [-0.39, 0.29) is 5.69 Å². The Balaban J connectivity index is 1.46. The van der Waals surface area contributed by atoms with Crippen LogP contribution in [0, 0.1) is 6.92 Å². The monoisotopic (exact) mass is 453 g/mol. The van der Waals surface area contributed by atoms with Gasteiger partial charge in [0.2, 0.25) is 0 Å². The van der Waals surface area contributed by atoms with Crippen molar-refractivity contribution in [1.29, 1.82) is 0 Å². The fraction of sp³-hybridized carbons (Fsp3) is 0.0476. The number of amides is 3. The van der Waals surface area contributed by atoms with E-state index in [1.54, 1.807) is 31.2 Å². The first-order valence-corrected chi connectivity index (χ1v) is 10.4. The lowest BCUT2D eigenvalue weighted by Gasteiger charge is -2.08. The van der Waals surface area contributed by atoms with Crippen molar-refractivity contribution < 1.29 is 14.1 Å². The summed E-state index contributed by atoms with van der Waals surface area (Å²) in [7, 11) is 0. The van der Waals surface area contributed by atoms with Gasteiger partial charge in [0.25, 0.3) is 5.91 Å². The third-order valence-corrected chi connectivity index (χ3v) is 5.39. The van der Waals surface area contributed by atoms with E-state index in [4.69, 9.17) is 16.1 Å². The Morgan fingerprint density at radius 1 is 1.03 bits per heavy atom. The van der Waals surface area contributed by atoms with Gasteiger partial charge in [0.15, 0.2) is 5.69 Å². The van der Waals surface area contributed by atoms with Crippen LogP contribution in [0.5, 0.6) is 0 Å². The second-order valence-corrected chi connectivity index (χ2v) is 7.70. The third kappa shape index (κ3) is 4.73. The van der Waals surface area contributed by atoms with Gasteiger partial charge >= 0.3 is 6.03 Å². The topological polar surface area (TPSA) is 109 Å². The van der Waals surface area contributed by atoms with Crippen LogP contribution in [0.15, 0.2) is 64.5 Å². The van der Waals surface area contributed by atoms with E-state index < -0.39 is 11.9 Å². The first kappa shape index (κ1) is 20.6. The lowest BCUT2D eigenvalue weighted by Crippen LogP contribution is -2.44. The van der Waals surface area contributed by atoms with Crippen molar-refractivity contribution in [2.45, 2.75) is 6.92 Å². The number of rotatable bonds is 4. The molecule has 2 aromatic heterocycles. The number of halogens is 1. The molecule has 156 valence electrons. The Kier molecular flexibility index (Phi) is 5.96. The van der Waals surface area contributed by atoms with Crippen molar-refractivity contribution in [3.05, 3.63) is 76.5 Å². The molecule has 0 fully saturated rings. The van der Waals surface area contributed by atoms with E-state index in [2.05, 4.69) is 26.3 Å². The van der Waals surface area contributed by atoms with Crippen molar-refractivity contribution in [3.8, 4) is 21.8 Å². The molecular weight excluding hydrogens is 438 g/mol. The minimum Gasteiger partial charge on any atom is -0.360 e. The molecule has 0 spiro atoms. The number of thiazole rings is 1. The van der Waals surface area contributed by atoms with Gasteiger partial charge in [-0.05, 0) is 31.2 Å². The fourth-order valence-electron chi connectivity index (χ4n) is 2.80. The smallest absolute Gasteiger partial charge is 0.337 e. The number of nitrogens with one attached hydrogen (secondary N) is 3. The summed E-state index contributed by atoms with van der Waals surface area (Å²) in [6.07, 6.45) is 0. The Hall–Kier alpha value is -3.69. The van der Waals surface area contributed by atoms with Crippen LogP contribution >= 0.6 is 22.9 Å². The molecule has 0 saturated heterocycles. The van der Waals surface area contributed by atoms with Crippen molar-refractivity contribution in [3.63, 3.8) is 0 Å². The zero-order valence-electron chi connectivity index (χ0n) is 16.2. The molecule has 0 saturated carbocycles. The van der Waals surface area contributed by atoms with Crippen LogP contribution in [0.25, 0.3) is 21.8 Å². The molecule has 3 N–H and O–H groups in total. The number of hydrogen-bond acceptors (Lipinski definition) is 6. The number of benzene rings is 2. The molecule has 4 rings (SSSR count). The van der Waals surface area contributed by atoms with Crippen LogP contribution in [-0.4, -0.2) is 22.1 Å². The lowest BCUT2D eigenvalue weighted by molar-refractivity contribution is 0.0929. The maximum atomic E-state index is 12.6. The molecule has 2 aromatic carbocycles. The Bertz CT molecular complexity index is 1220. The highest BCUT2D eigenvalue weighted by molar-refractivity contribution is 7.13. The molecular formula is C21H16ClN5O3S. The van der Waals surface area contributed by atoms with Crippen LogP contribution in [-0.2, 0) is 0 Å². The van der Waals surface area contributed by atoms with Crippen LogP contribution in [0.3, 0.4) is 0 Å². The first-order chi connectivity index (χ1) is 15.0. The molecule has 0 aliphatic rings. The average Bonchev–Trinajstić information content (AvgIpc) is 3.41. The molecule has 4 aromatic rings. The highest BCUT2D eigenvalue weighted by atomic mass is 35.5. The van der Waals surface area contributed by atoms with E-state index in [1.165, 1.54) is 11.3 Å². The third-order valence-electron chi connectivity index (χ3n) is 4.25. The van der Waals surface area contributed by atoms with Gasteiger partial charge < -0.3 is 9.84 Å². The highest BCUT2D eigenvalue weighted by Gasteiger charge is 2.23. The standard InChI is InChI=1S/C21H16ClN5O3S/c1-12-17(16-11-31-20(24-16)13-5-3-2-4-6-13)18(27-30-12)19(28)25-26-21(29)23-15-9-7-14(22)8-10-15/h2-11H,1H3,(H,25,28)(H2,23,26,29). The summed E-state index contributed by atoms with van der Waals surface area (Å²) in [6, 6.07) is 15.6. The predicted octanol–water partition coefficient (Wildman–Crippen LogP) is 4.89. The molecule has 0 radical (unpaired) electrons. The minimum atomic E-state index is -0.632. The van der Waals surface area contributed by atoms with E-state index >= 15 is 0 Å². The van der Waals surface area contributed by atoms with Gasteiger partial charge in [0.05, 0.1) is 11.3 Å². The van der Waals surface area contributed by atoms with Gasteiger partial charge in [-0.1, -0.05) is 47.1 Å². The molecule has 0 aliphatic carbocycles. The van der Waals surface area contributed by atoms with Crippen molar-refractivity contribution in [2.24, 2.45) is 0 Å². The molecule has 3 amide bonds. The fourth-order valence-corrected chi connectivity index (χ4v) is 3.74. The van der Waals surface area contributed by atoms with Crippen molar-refractivity contribution in [2.75, 3.05) is 5.32 Å². The summed E-state index contributed by atoms with van der Waals surface area (Å²) >= 11 is 7.27. The summed E-state index contributed by atoms with van der Waals surface area (Å²) in [4.78, 5) is 29.3. The zero-order chi connectivity index (χ0) is 21.8. The number of hydrogen-bond donors (Lipinski definition) is 3. The number of hydrazine groups is 1. The molecule has 2 heterocycles. The minimum absolute atomic E-state index is 0.0224. The normalized spacial score (nSPS) is 10.5. The number of aryl methyl sites for hydroxylation is 1. The van der Waals surface area contributed by atoms with Gasteiger partial charge in [0.1, 0.15) is 10.8 Å². The summed E-state index contributed by atoms with van der Waals surface area (Å²) in [6.45, 7) is 1.70. The summed E-state index contributed by atoms with van der Waals surface area (Å²) in [5.41, 5.74) is 7.15. The molecule has 8 nitrogen and oxygen atoms in total. The number of carbonyl (C=O) groups excluding carboxylic acids is 2. The zero-order valence-corrected chi connectivity index (χ0v) is 17.8. The van der Waals surface area contributed by atoms with Crippen LogP contribution in [0.4, 0.5) is 10.5 Å². The van der Waals surface area contributed by atoms with E-state index in [1.807, 2.05) is 35.7 Å². The quantitative estimate of drug-likeness (QED) is 0.381. The van der Waals surface area contributed by atoms with Gasteiger partial charge in [-0.3, -0.25) is 10.2 Å². The van der Waals surface area contributed by atoms with Crippen molar-refractivity contribution >= 4 is 40.6 Å². The molecule has 0 unspecified atom stereocenters. The second kappa shape index (κ2) is 8.99. The highest BCUT2D eigenvalue weighted by Crippen LogP contribution is 2.32. The molecule has 0 atom stereocenters. The number of nitrogens with zero attached hydrogens (tertiary/aromatic N) is 2. The molecule has 31 heavy (non-hydrogen) atoms. The summed E-state index contributed by atoms with van der Waals surface area (Å²) in [5.74, 6) is -0.187. The summed E-state index contributed by atoms with van der Waals surface area (Å²) < 4.78 is 5.21. The summed E-state index contributed by atoms with van der Waals surface area (Å²) in [5, 5.41) is 9.60. The van der Waals surface area contributed by atoms with Crippen LogP contribution < -0.4 is 16.2 Å². The predicted molar refractivity (Wildman–Crippen MR) is 119 cm³/mol. The first-order valence-electron chi connectivity index (χ1n) is 9.12. The number of anilines is 1. The maximum absolute atomic E-state index is 12.6. The average molecular weight is 454 g/mol. The number of carbonyl (C=O) groups is 2. The molecule has 0 bridgehead atoms. The second-order valence-electron chi connectivity index (χ2n) is 6.41. The van der Waals surface area contributed by atoms with Crippen LogP contribution in [0.1, 0.15) is 16.2 Å². The van der Waals surface area contributed by atoms with E-state index in [9.17, 15) is 9.59 Å². The van der Waals surface area contributed by atoms with Crippen molar-refractivity contribution in [1.82, 2.24) is 21.0 Å². The van der Waals surface area contributed by atoms with Gasteiger partial charge in [-0.2, -0.15) is 0 Å². The Morgan fingerprint density at radius 3 is 2.52 bits per heavy atom. The SMILES string of the molecule is Cc1onc(C(=O)NNC(=O)Nc2ccc(Cl)cc2)c1-c1csc(-c2ccccc2)n1. The lowest BCUT2D eigenvalue weighted by atomic mass is 10.1. The van der Waals surface area contributed by atoms with Crippen LogP contribution in [0.2, 0.25) is 5.02 Å². The van der Waals surface area contributed by atoms with Gasteiger partial charge in [0, 0.05) is 21.7 Å². The largest absolute Gasteiger partial charge is 0.360 e. The number of aromatic nitrogens is 2. The maximum Gasteiger partial charge on any atom is 0.337 e. The Labute approximate surface area is 186 Å². The molecule has 10 heteroatoms.